The van der Waals surface area contributed by atoms with Crippen LogP contribution in [0.2, 0.25) is 0 Å². The molecule has 0 radical (unpaired) electrons. The number of methoxy groups -OCH3 is 1. The summed E-state index contributed by atoms with van der Waals surface area (Å²) in [5.74, 6) is 0.689. The van der Waals surface area contributed by atoms with Crippen LogP contribution in [-0.2, 0) is 17.8 Å². The lowest BCUT2D eigenvalue weighted by Crippen LogP contribution is -2.31. The van der Waals surface area contributed by atoms with Gasteiger partial charge in [0.2, 0.25) is 0 Å². The van der Waals surface area contributed by atoms with Gasteiger partial charge in [0.25, 0.3) is 5.91 Å². The molecule has 0 aromatic heterocycles. The van der Waals surface area contributed by atoms with Gasteiger partial charge in [-0.25, -0.2) is 4.79 Å². The standard InChI is InChI=1S/C24H24N2O3/c1-29-21-13-10-17(11-14-21)5-4-8-22-23(27)26(24(28)25-22)16-18-9-12-19-6-2-3-7-20(19)15-18/h2-3,6-7,9-15,22H,4-5,8,16H2,1H3,(H,25,28). The summed E-state index contributed by atoms with van der Waals surface area (Å²) in [6, 6.07) is 21.3. The lowest BCUT2D eigenvalue weighted by atomic mass is 10.0. The van der Waals surface area contributed by atoms with Crippen LogP contribution in [-0.4, -0.2) is 30.0 Å². The number of urea groups is 1. The van der Waals surface area contributed by atoms with Gasteiger partial charge in [-0.05, 0) is 59.4 Å². The van der Waals surface area contributed by atoms with Crippen molar-refractivity contribution in [2.24, 2.45) is 0 Å². The van der Waals surface area contributed by atoms with Gasteiger partial charge >= 0.3 is 6.03 Å². The lowest BCUT2D eigenvalue weighted by molar-refractivity contribution is -0.128. The number of nitrogens with one attached hydrogen (secondary N) is 1. The minimum atomic E-state index is -0.443. The number of carbonyl (C=O) groups is 2. The molecule has 1 N–H and O–H groups in total. The molecule has 1 unspecified atom stereocenters. The second kappa shape index (κ2) is 8.35. The van der Waals surface area contributed by atoms with Gasteiger partial charge in [-0.1, -0.05) is 48.5 Å². The summed E-state index contributed by atoms with van der Waals surface area (Å²) in [6.07, 6.45) is 2.31. The van der Waals surface area contributed by atoms with Crippen LogP contribution < -0.4 is 10.1 Å². The summed E-state index contributed by atoms with van der Waals surface area (Å²) in [6.45, 7) is 0.296. The average Bonchev–Trinajstić information content (AvgIpc) is 3.02. The molecule has 3 aromatic carbocycles. The van der Waals surface area contributed by atoms with E-state index in [1.807, 2.05) is 66.7 Å². The topological polar surface area (TPSA) is 58.6 Å². The molecule has 29 heavy (non-hydrogen) atoms. The summed E-state index contributed by atoms with van der Waals surface area (Å²) >= 11 is 0. The molecule has 1 aliphatic rings. The maximum absolute atomic E-state index is 12.7. The third-order valence-corrected chi connectivity index (χ3v) is 5.38. The predicted octanol–water partition coefficient (Wildman–Crippen LogP) is 4.29. The second-order valence-electron chi connectivity index (χ2n) is 7.35. The van der Waals surface area contributed by atoms with Crippen LogP contribution >= 0.6 is 0 Å². The molecule has 5 heteroatoms. The van der Waals surface area contributed by atoms with Crippen LogP contribution in [0.15, 0.2) is 66.7 Å². The summed E-state index contributed by atoms with van der Waals surface area (Å²) in [4.78, 5) is 26.4. The SMILES string of the molecule is COc1ccc(CCCC2NC(=O)N(Cc3ccc4ccccc4c3)C2=O)cc1. The molecule has 148 valence electrons. The Labute approximate surface area is 170 Å². The largest absolute Gasteiger partial charge is 0.497 e. The highest BCUT2D eigenvalue weighted by molar-refractivity contribution is 6.04. The normalized spacial score (nSPS) is 16.3. The molecule has 1 atom stereocenters. The number of ether oxygens (including phenoxy) is 1. The molecule has 4 rings (SSSR count). The third kappa shape index (κ3) is 4.24. The monoisotopic (exact) mass is 388 g/mol. The molecule has 3 aromatic rings. The van der Waals surface area contributed by atoms with E-state index in [-0.39, 0.29) is 11.9 Å². The summed E-state index contributed by atoms with van der Waals surface area (Å²) in [5.41, 5.74) is 2.14. The van der Waals surface area contributed by atoms with E-state index in [2.05, 4.69) is 5.32 Å². The summed E-state index contributed by atoms with van der Waals surface area (Å²) in [5, 5.41) is 5.08. The van der Waals surface area contributed by atoms with Gasteiger partial charge in [-0.15, -0.1) is 0 Å². The first-order valence-corrected chi connectivity index (χ1v) is 9.86. The Hall–Kier alpha value is -3.34. The summed E-state index contributed by atoms with van der Waals surface area (Å²) in [7, 11) is 1.65. The van der Waals surface area contributed by atoms with E-state index in [0.717, 1.165) is 34.9 Å². The molecule has 5 nitrogen and oxygen atoms in total. The Bertz CT molecular complexity index is 1030. The lowest BCUT2D eigenvalue weighted by Gasteiger charge is -2.14. The van der Waals surface area contributed by atoms with E-state index >= 15 is 0 Å². The summed E-state index contributed by atoms with van der Waals surface area (Å²) < 4.78 is 5.17. The van der Waals surface area contributed by atoms with Gasteiger partial charge in [0.1, 0.15) is 11.8 Å². The van der Waals surface area contributed by atoms with Crippen molar-refractivity contribution >= 4 is 22.7 Å². The van der Waals surface area contributed by atoms with Gasteiger partial charge in [-0.3, -0.25) is 9.69 Å². The molecule has 0 spiro atoms. The van der Waals surface area contributed by atoms with Crippen molar-refractivity contribution in [3.63, 3.8) is 0 Å². The van der Waals surface area contributed by atoms with Gasteiger partial charge in [-0.2, -0.15) is 0 Å². The number of benzene rings is 3. The zero-order chi connectivity index (χ0) is 20.2. The highest BCUT2D eigenvalue weighted by Crippen LogP contribution is 2.20. The molecule has 3 amide bonds. The smallest absolute Gasteiger partial charge is 0.325 e. The van der Waals surface area contributed by atoms with E-state index in [4.69, 9.17) is 4.74 Å². The van der Waals surface area contributed by atoms with Crippen molar-refractivity contribution in [1.29, 1.82) is 0 Å². The van der Waals surface area contributed by atoms with Gasteiger partial charge in [0.15, 0.2) is 0 Å². The third-order valence-electron chi connectivity index (χ3n) is 5.38. The number of aryl methyl sites for hydroxylation is 1. The second-order valence-corrected chi connectivity index (χ2v) is 7.35. The van der Waals surface area contributed by atoms with Crippen molar-refractivity contribution in [3.05, 3.63) is 77.9 Å². The minimum absolute atomic E-state index is 0.141. The van der Waals surface area contributed by atoms with Crippen LogP contribution in [0.4, 0.5) is 4.79 Å². The number of hydrogen-bond acceptors (Lipinski definition) is 3. The van der Waals surface area contributed by atoms with Crippen LogP contribution in [0, 0.1) is 0 Å². The fourth-order valence-electron chi connectivity index (χ4n) is 3.74. The molecule has 1 saturated heterocycles. The van der Waals surface area contributed by atoms with E-state index in [1.54, 1.807) is 7.11 Å². The van der Waals surface area contributed by atoms with E-state index in [1.165, 1.54) is 10.5 Å². The van der Waals surface area contributed by atoms with Crippen molar-refractivity contribution in [2.45, 2.75) is 31.8 Å². The van der Waals surface area contributed by atoms with Gasteiger partial charge in [0.05, 0.1) is 13.7 Å². The van der Waals surface area contributed by atoms with Crippen LogP contribution in [0.25, 0.3) is 10.8 Å². The van der Waals surface area contributed by atoms with E-state index < -0.39 is 6.04 Å². The maximum Gasteiger partial charge on any atom is 0.325 e. The molecule has 1 fully saturated rings. The number of imide groups is 1. The Morgan fingerprint density at radius 1 is 0.931 bits per heavy atom. The molecule has 1 aliphatic heterocycles. The zero-order valence-electron chi connectivity index (χ0n) is 16.4. The van der Waals surface area contributed by atoms with Crippen LogP contribution in [0.5, 0.6) is 5.75 Å². The molecule has 1 heterocycles. The number of amides is 3. The number of rotatable bonds is 7. The zero-order valence-corrected chi connectivity index (χ0v) is 16.4. The highest BCUT2D eigenvalue weighted by Gasteiger charge is 2.37. The number of carbonyl (C=O) groups excluding carboxylic acids is 2. The molecule has 0 aliphatic carbocycles. The van der Waals surface area contributed by atoms with Gasteiger partial charge < -0.3 is 10.1 Å². The average molecular weight is 388 g/mol. The Morgan fingerprint density at radius 2 is 1.66 bits per heavy atom. The Kier molecular flexibility index (Phi) is 5.47. The molecular weight excluding hydrogens is 364 g/mol. The fourth-order valence-corrected chi connectivity index (χ4v) is 3.74. The molecular formula is C24H24N2O3. The van der Waals surface area contributed by atoms with Crippen molar-refractivity contribution in [3.8, 4) is 5.75 Å². The van der Waals surface area contributed by atoms with Crippen molar-refractivity contribution in [2.75, 3.05) is 7.11 Å². The van der Waals surface area contributed by atoms with Crippen LogP contribution in [0.3, 0.4) is 0 Å². The first-order chi connectivity index (χ1) is 14.1. The van der Waals surface area contributed by atoms with Crippen molar-refractivity contribution < 1.29 is 14.3 Å². The maximum atomic E-state index is 12.7. The molecule has 0 bridgehead atoms. The van der Waals surface area contributed by atoms with Crippen molar-refractivity contribution in [1.82, 2.24) is 10.2 Å². The van der Waals surface area contributed by atoms with E-state index in [9.17, 15) is 9.59 Å². The minimum Gasteiger partial charge on any atom is -0.497 e. The quantitative estimate of drug-likeness (QED) is 0.614. The Balaban J connectivity index is 1.35. The number of nitrogens with zero attached hydrogens (tertiary/aromatic N) is 1. The van der Waals surface area contributed by atoms with Gasteiger partial charge in [0, 0.05) is 0 Å². The first-order valence-electron chi connectivity index (χ1n) is 9.86. The fraction of sp³-hybridized carbons (Fsp3) is 0.250. The van der Waals surface area contributed by atoms with Crippen LogP contribution in [0.1, 0.15) is 24.0 Å². The Morgan fingerprint density at radius 3 is 2.41 bits per heavy atom. The highest BCUT2D eigenvalue weighted by atomic mass is 16.5. The number of fused-ring (bicyclic) bond motifs is 1. The predicted molar refractivity (Wildman–Crippen MR) is 113 cm³/mol. The number of hydrogen-bond donors (Lipinski definition) is 1. The first kappa shape index (κ1) is 19.0. The van der Waals surface area contributed by atoms with E-state index in [0.29, 0.717) is 13.0 Å². The molecule has 0 saturated carbocycles.